The van der Waals surface area contributed by atoms with Gasteiger partial charge in [-0.05, 0) is 42.0 Å². The highest BCUT2D eigenvalue weighted by atomic mass is 16.5. The van der Waals surface area contributed by atoms with E-state index in [9.17, 15) is 0 Å². The molecule has 3 heteroatoms. The number of methoxy groups -OCH3 is 2. The molecule has 3 nitrogen and oxygen atoms in total. The van der Waals surface area contributed by atoms with Crippen LogP contribution in [0.3, 0.4) is 0 Å². The zero-order valence-electron chi connectivity index (χ0n) is 12.3. The average molecular weight is 251 g/mol. The van der Waals surface area contributed by atoms with Gasteiger partial charge in [-0.15, -0.1) is 0 Å². The Kier molecular flexibility index (Phi) is 4.63. The molecule has 0 radical (unpaired) electrons. The van der Waals surface area contributed by atoms with E-state index in [1.807, 2.05) is 12.1 Å². The van der Waals surface area contributed by atoms with Gasteiger partial charge in [0.25, 0.3) is 0 Å². The first-order valence-corrected chi connectivity index (χ1v) is 6.35. The molecule has 0 aliphatic heterocycles. The lowest BCUT2D eigenvalue weighted by Gasteiger charge is -2.32. The van der Waals surface area contributed by atoms with Crippen LogP contribution in [0, 0.1) is 12.3 Å². The Labute approximate surface area is 110 Å². The fourth-order valence-corrected chi connectivity index (χ4v) is 1.97. The third kappa shape index (κ3) is 2.78. The van der Waals surface area contributed by atoms with Crippen LogP contribution in [0.1, 0.15) is 44.4 Å². The van der Waals surface area contributed by atoms with Gasteiger partial charge in [0.15, 0.2) is 11.5 Å². The average Bonchev–Trinajstić information content (AvgIpc) is 2.37. The van der Waals surface area contributed by atoms with E-state index in [-0.39, 0.29) is 11.5 Å². The Bertz CT molecular complexity index is 413. The molecule has 18 heavy (non-hydrogen) atoms. The molecule has 0 spiro atoms. The number of hydrogen-bond acceptors (Lipinski definition) is 3. The molecule has 0 saturated heterocycles. The fraction of sp³-hybridized carbons (Fsp3) is 0.600. The van der Waals surface area contributed by atoms with E-state index in [4.69, 9.17) is 15.2 Å². The van der Waals surface area contributed by atoms with E-state index >= 15 is 0 Å². The van der Waals surface area contributed by atoms with Crippen LogP contribution in [0.4, 0.5) is 0 Å². The Balaban J connectivity index is 3.25. The number of rotatable bonds is 5. The minimum absolute atomic E-state index is 0.0118. The van der Waals surface area contributed by atoms with E-state index in [1.165, 1.54) is 0 Å². The second kappa shape index (κ2) is 5.61. The highest BCUT2D eigenvalue weighted by Crippen LogP contribution is 2.39. The van der Waals surface area contributed by atoms with Gasteiger partial charge < -0.3 is 15.2 Å². The maximum absolute atomic E-state index is 6.40. The van der Waals surface area contributed by atoms with E-state index < -0.39 is 0 Å². The summed E-state index contributed by atoms with van der Waals surface area (Å²) in [5, 5.41) is 0. The molecule has 1 aromatic rings. The van der Waals surface area contributed by atoms with Crippen LogP contribution < -0.4 is 15.2 Å². The molecule has 1 aromatic carbocycles. The molecule has 0 bridgehead atoms. The SMILES string of the molecule is CCC(C)(C)C(N)c1cc(OC)c(OC)cc1C. The lowest BCUT2D eigenvalue weighted by Crippen LogP contribution is -2.29. The van der Waals surface area contributed by atoms with Crippen molar-refractivity contribution in [1.82, 2.24) is 0 Å². The summed E-state index contributed by atoms with van der Waals surface area (Å²) in [6.45, 7) is 8.60. The predicted octanol–water partition coefficient (Wildman–Crippen LogP) is 3.45. The maximum Gasteiger partial charge on any atom is 0.161 e. The Hall–Kier alpha value is -1.22. The van der Waals surface area contributed by atoms with Crippen molar-refractivity contribution in [2.45, 2.75) is 40.2 Å². The van der Waals surface area contributed by atoms with Gasteiger partial charge in [-0.1, -0.05) is 20.8 Å². The monoisotopic (exact) mass is 251 g/mol. The zero-order valence-corrected chi connectivity index (χ0v) is 12.3. The summed E-state index contributed by atoms with van der Waals surface area (Å²) in [6.07, 6.45) is 1.03. The lowest BCUT2D eigenvalue weighted by atomic mass is 9.77. The topological polar surface area (TPSA) is 44.5 Å². The molecular weight excluding hydrogens is 226 g/mol. The van der Waals surface area contributed by atoms with E-state index in [1.54, 1.807) is 14.2 Å². The Morgan fingerprint density at radius 1 is 1.17 bits per heavy atom. The standard InChI is InChI=1S/C15H25NO2/c1-7-15(3,4)14(16)11-9-13(18-6)12(17-5)8-10(11)2/h8-9,14H,7,16H2,1-6H3. The van der Waals surface area contributed by atoms with Crippen LogP contribution in [0.15, 0.2) is 12.1 Å². The van der Waals surface area contributed by atoms with Gasteiger partial charge >= 0.3 is 0 Å². The largest absolute Gasteiger partial charge is 0.493 e. The van der Waals surface area contributed by atoms with Crippen LogP contribution in [0.2, 0.25) is 0 Å². The van der Waals surface area contributed by atoms with E-state index in [0.29, 0.717) is 0 Å². The minimum atomic E-state index is -0.0118. The molecule has 0 aromatic heterocycles. The lowest BCUT2D eigenvalue weighted by molar-refractivity contribution is 0.276. The second-order valence-corrected chi connectivity index (χ2v) is 5.38. The molecule has 1 atom stereocenters. The molecule has 2 N–H and O–H groups in total. The number of nitrogens with two attached hydrogens (primary N) is 1. The molecule has 0 heterocycles. The number of hydrogen-bond donors (Lipinski definition) is 1. The smallest absolute Gasteiger partial charge is 0.161 e. The molecule has 0 aliphatic rings. The molecule has 0 saturated carbocycles. The second-order valence-electron chi connectivity index (χ2n) is 5.38. The van der Waals surface area contributed by atoms with Gasteiger partial charge in [-0.2, -0.15) is 0 Å². The van der Waals surface area contributed by atoms with Gasteiger partial charge in [0.2, 0.25) is 0 Å². The summed E-state index contributed by atoms with van der Waals surface area (Å²) in [7, 11) is 3.29. The predicted molar refractivity (Wildman–Crippen MR) is 75.3 cm³/mol. The molecule has 102 valence electrons. The number of aryl methyl sites for hydroxylation is 1. The maximum atomic E-state index is 6.40. The third-order valence-corrected chi connectivity index (χ3v) is 3.86. The highest BCUT2D eigenvalue weighted by Gasteiger charge is 2.27. The van der Waals surface area contributed by atoms with Crippen LogP contribution in [0.25, 0.3) is 0 Å². The fourth-order valence-electron chi connectivity index (χ4n) is 1.97. The van der Waals surface area contributed by atoms with Gasteiger partial charge in [0, 0.05) is 6.04 Å². The van der Waals surface area contributed by atoms with Crippen molar-refractivity contribution < 1.29 is 9.47 Å². The van der Waals surface area contributed by atoms with E-state index in [2.05, 4.69) is 27.7 Å². The molecule has 0 amide bonds. The molecule has 1 unspecified atom stereocenters. The Morgan fingerprint density at radius 2 is 1.67 bits per heavy atom. The molecule has 1 rings (SSSR count). The van der Waals surface area contributed by atoms with E-state index in [0.717, 1.165) is 29.0 Å². The van der Waals surface area contributed by atoms with Crippen molar-refractivity contribution >= 4 is 0 Å². The van der Waals surface area contributed by atoms with Crippen molar-refractivity contribution in [3.8, 4) is 11.5 Å². The third-order valence-electron chi connectivity index (χ3n) is 3.86. The van der Waals surface area contributed by atoms with Gasteiger partial charge in [0.1, 0.15) is 0 Å². The van der Waals surface area contributed by atoms with Gasteiger partial charge in [0.05, 0.1) is 14.2 Å². The summed E-state index contributed by atoms with van der Waals surface area (Å²) in [5.74, 6) is 1.49. The number of benzene rings is 1. The molecule has 0 aliphatic carbocycles. The van der Waals surface area contributed by atoms with Crippen molar-refractivity contribution in [2.24, 2.45) is 11.1 Å². The molecule has 0 fully saturated rings. The highest BCUT2D eigenvalue weighted by molar-refractivity contribution is 5.48. The summed E-state index contributed by atoms with van der Waals surface area (Å²) < 4.78 is 10.6. The van der Waals surface area contributed by atoms with Gasteiger partial charge in [-0.3, -0.25) is 0 Å². The Morgan fingerprint density at radius 3 is 2.11 bits per heavy atom. The first-order chi connectivity index (χ1) is 8.37. The summed E-state index contributed by atoms with van der Waals surface area (Å²) in [5.41, 5.74) is 8.73. The van der Waals surface area contributed by atoms with Crippen molar-refractivity contribution in [3.63, 3.8) is 0 Å². The van der Waals surface area contributed by atoms with Crippen LogP contribution in [-0.2, 0) is 0 Å². The zero-order chi connectivity index (χ0) is 13.9. The van der Waals surface area contributed by atoms with Crippen molar-refractivity contribution in [2.75, 3.05) is 14.2 Å². The summed E-state index contributed by atoms with van der Waals surface area (Å²) >= 11 is 0. The normalized spacial score (nSPS) is 13.3. The minimum Gasteiger partial charge on any atom is -0.493 e. The first kappa shape index (κ1) is 14.8. The van der Waals surface area contributed by atoms with Crippen LogP contribution >= 0.6 is 0 Å². The number of ether oxygens (including phenoxy) is 2. The van der Waals surface area contributed by atoms with Crippen LogP contribution in [-0.4, -0.2) is 14.2 Å². The molecular formula is C15H25NO2. The summed E-state index contributed by atoms with van der Waals surface area (Å²) in [4.78, 5) is 0. The van der Waals surface area contributed by atoms with Crippen molar-refractivity contribution in [1.29, 1.82) is 0 Å². The first-order valence-electron chi connectivity index (χ1n) is 6.35. The van der Waals surface area contributed by atoms with Gasteiger partial charge in [-0.25, -0.2) is 0 Å². The summed E-state index contributed by atoms with van der Waals surface area (Å²) in [6, 6.07) is 3.97. The van der Waals surface area contributed by atoms with Crippen molar-refractivity contribution in [3.05, 3.63) is 23.3 Å². The quantitative estimate of drug-likeness (QED) is 0.871. The van der Waals surface area contributed by atoms with Crippen LogP contribution in [0.5, 0.6) is 11.5 Å².